The number of hydrogen-bond acceptors (Lipinski definition) is 3. The molecule has 15 heavy (non-hydrogen) atoms. The van der Waals surface area contributed by atoms with Crippen LogP contribution in [-0.4, -0.2) is 36.6 Å². The molecule has 2 unspecified atom stereocenters. The fourth-order valence-electron chi connectivity index (χ4n) is 2.76. The third-order valence-electron chi connectivity index (χ3n) is 3.48. The van der Waals surface area contributed by atoms with Crippen molar-refractivity contribution in [1.29, 1.82) is 0 Å². The lowest BCUT2D eigenvalue weighted by atomic mass is 10.1. The largest absolute Gasteiger partial charge is 0.463 e. The molecule has 2 rings (SSSR count). The molecule has 3 heteroatoms. The van der Waals surface area contributed by atoms with Crippen LogP contribution in [0.1, 0.15) is 26.2 Å². The Morgan fingerprint density at radius 2 is 2.33 bits per heavy atom. The molecular weight excluding hydrogens is 190 g/mol. The molecule has 0 radical (unpaired) electrons. The number of likely N-dealkylation sites (tertiary alicyclic amines) is 1. The molecule has 1 aliphatic carbocycles. The van der Waals surface area contributed by atoms with Crippen LogP contribution in [0.25, 0.3) is 0 Å². The summed E-state index contributed by atoms with van der Waals surface area (Å²) in [7, 11) is 0. The van der Waals surface area contributed by atoms with Crippen LogP contribution in [0.5, 0.6) is 0 Å². The van der Waals surface area contributed by atoms with Crippen molar-refractivity contribution in [2.45, 2.75) is 32.2 Å². The van der Waals surface area contributed by atoms with E-state index in [1.807, 2.05) is 6.92 Å². The predicted molar refractivity (Wildman–Crippen MR) is 58.5 cm³/mol. The van der Waals surface area contributed by atoms with Crippen LogP contribution in [0, 0.1) is 5.92 Å². The Bertz CT molecular complexity index is 275. The smallest absolute Gasteiger partial charge is 0.334 e. The molecule has 0 aromatic carbocycles. The summed E-state index contributed by atoms with van der Waals surface area (Å²) in [6.45, 7) is 7.90. The van der Waals surface area contributed by atoms with Crippen molar-refractivity contribution in [2.75, 3.05) is 19.7 Å². The van der Waals surface area contributed by atoms with Gasteiger partial charge < -0.3 is 4.74 Å². The van der Waals surface area contributed by atoms with Crippen LogP contribution in [0.2, 0.25) is 0 Å². The number of carbonyl (C=O) groups excluding carboxylic acids is 1. The summed E-state index contributed by atoms with van der Waals surface area (Å²) in [5.41, 5.74) is 0.601. The minimum atomic E-state index is -0.236. The Balaban J connectivity index is 1.82. The molecule has 1 saturated heterocycles. The van der Waals surface area contributed by atoms with Crippen LogP contribution < -0.4 is 0 Å². The minimum absolute atomic E-state index is 0.236. The summed E-state index contributed by atoms with van der Waals surface area (Å²) < 4.78 is 4.93. The molecule has 1 aliphatic heterocycles. The van der Waals surface area contributed by atoms with Gasteiger partial charge in [-0.1, -0.05) is 6.58 Å². The molecular formula is C12H19NO2. The van der Waals surface area contributed by atoms with E-state index in [0.717, 1.165) is 12.5 Å². The Kier molecular flexibility index (Phi) is 3.10. The van der Waals surface area contributed by atoms with E-state index in [2.05, 4.69) is 11.5 Å². The zero-order chi connectivity index (χ0) is 10.8. The normalized spacial score (nSPS) is 29.4. The van der Waals surface area contributed by atoms with Crippen LogP contribution in [0.15, 0.2) is 12.2 Å². The van der Waals surface area contributed by atoms with Gasteiger partial charge in [0.1, 0.15) is 0 Å². The number of nitrogens with zero attached hydrogens (tertiary/aromatic N) is 1. The highest BCUT2D eigenvalue weighted by Crippen LogP contribution is 2.37. The van der Waals surface area contributed by atoms with Gasteiger partial charge >= 0.3 is 5.97 Å². The van der Waals surface area contributed by atoms with Gasteiger partial charge in [0, 0.05) is 24.7 Å². The van der Waals surface area contributed by atoms with E-state index in [1.54, 1.807) is 0 Å². The van der Waals surface area contributed by atoms with Gasteiger partial charge in [-0.05, 0) is 32.1 Å². The second kappa shape index (κ2) is 4.35. The highest BCUT2D eigenvalue weighted by molar-refractivity contribution is 5.88. The lowest BCUT2D eigenvalue weighted by Gasteiger charge is -2.26. The van der Waals surface area contributed by atoms with E-state index < -0.39 is 0 Å². The Hall–Kier alpha value is -0.830. The molecule has 0 spiro atoms. The van der Waals surface area contributed by atoms with Gasteiger partial charge in [-0.2, -0.15) is 0 Å². The third kappa shape index (κ3) is 2.23. The number of rotatable bonds is 4. The van der Waals surface area contributed by atoms with E-state index in [0.29, 0.717) is 24.8 Å². The number of esters is 1. The predicted octanol–water partition coefficient (Wildman–Crippen LogP) is 1.59. The first-order valence-electron chi connectivity index (χ1n) is 5.79. The molecule has 2 aliphatic rings. The molecule has 0 aromatic heterocycles. The zero-order valence-electron chi connectivity index (χ0n) is 9.37. The summed E-state index contributed by atoms with van der Waals surface area (Å²) in [6, 6.07) is 0.696. The van der Waals surface area contributed by atoms with E-state index in [4.69, 9.17) is 4.74 Å². The maximum atomic E-state index is 11.4. The van der Waals surface area contributed by atoms with Gasteiger partial charge in [-0.3, -0.25) is 4.90 Å². The van der Waals surface area contributed by atoms with Gasteiger partial charge in [0.25, 0.3) is 0 Å². The summed E-state index contributed by atoms with van der Waals surface area (Å²) >= 11 is 0. The Morgan fingerprint density at radius 1 is 1.53 bits per heavy atom. The SMILES string of the molecule is C=C(CN1CC2CCC1C2)C(=O)OCC. The van der Waals surface area contributed by atoms with Crippen molar-refractivity contribution in [3.8, 4) is 0 Å². The van der Waals surface area contributed by atoms with Gasteiger partial charge in [-0.25, -0.2) is 4.79 Å². The van der Waals surface area contributed by atoms with Gasteiger partial charge in [0.15, 0.2) is 0 Å². The molecule has 2 fully saturated rings. The second-order valence-electron chi connectivity index (χ2n) is 4.59. The van der Waals surface area contributed by atoms with Crippen molar-refractivity contribution < 1.29 is 9.53 Å². The lowest BCUT2D eigenvalue weighted by molar-refractivity contribution is -0.138. The van der Waals surface area contributed by atoms with E-state index in [1.165, 1.54) is 19.3 Å². The Labute approximate surface area is 91.1 Å². The van der Waals surface area contributed by atoms with E-state index >= 15 is 0 Å². The monoisotopic (exact) mass is 209 g/mol. The summed E-state index contributed by atoms with van der Waals surface area (Å²) in [5, 5.41) is 0. The molecule has 0 N–H and O–H groups in total. The van der Waals surface area contributed by atoms with Crippen LogP contribution in [0.3, 0.4) is 0 Å². The van der Waals surface area contributed by atoms with Gasteiger partial charge in [0.05, 0.1) is 6.61 Å². The molecule has 2 bridgehead atoms. The van der Waals surface area contributed by atoms with Gasteiger partial charge in [0.2, 0.25) is 0 Å². The average Bonchev–Trinajstić information content (AvgIpc) is 2.79. The molecule has 1 saturated carbocycles. The van der Waals surface area contributed by atoms with Crippen LogP contribution in [-0.2, 0) is 9.53 Å². The topological polar surface area (TPSA) is 29.5 Å². The average molecular weight is 209 g/mol. The zero-order valence-corrected chi connectivity index (χ0v) is 9.37. The van der Waals surface area contributed by atoms with Crippen molar-refractivity contribution in [2.24, 2.45) is 5.92 Å². The first-order chi connectivity index (χ1) is 7.20. The molecule has 0 aromatic rings. The van der Waals surface area contributed by atoms with Crippen molar-refractivity contribution in [3.63, 3.8) is 0 Å². The molecule has 2 atom stereocenters. The molecule has 1 heterocycles. The molecule has 3 nitrogen and oxygen atoms in total. The first kappa shape index (κ1) is 10.7. The minimum Gasteiger partial charge on any atom is -0.463 e. The Morgan fingerprint density at radius 3 is 2.87 bits per heavy atom. The quantitative estimate of drug-likeness (QED) is 0.520. The van der Waals surface area contributed by atoms with Gasteiger partial charge in [-0.15, -0.1) is 0 Å². The summed E-state index contributed by atoms with van der Waals surface area (Å²) in [5.74, 6) is 0.630. The highest BCUT2D eigenvalue weighted by atomic mass is 16.5. The van der Waals surface area contributed by atoms with E-state index in [9.17, 15) is 4.79 Å². The van der Waals surface area contributed by atoms with Crippen molar-refractivity contribution >= 4 is 5.97 Å². The maximum absolute atomic E-state index is 11.4. The fraction of sp³-hybridized carbons (Fsp3) is 0.750. The number of carbonyl (C=O) groups is 1. The molecule has 0 amide bonds. The first-order valence-corrected chi connectivity index (χ1v) is 5.79. The van der Waals surface area contributed by atoms with Crippen LogP contribution >= 0.6 is 0 Å². The number of ether oxygens (including phenoxy) is 1. The fourth-order valence-corrected chi connectivity index (χ4v) is 2.76. The van der Waals surface area contributed by atoms with Crippen LogP contribution in [0.4, 0.5) is 0 Å². The number of hydrogen-bond donors (Lipinski definition) is 0. The third-order valence-corrected chi connectivity index (χ3v) is 3.48. The van der Waals surface area contributed by atoms with Crippen molar-refractivity contribution in [1.82, 2.24) is 4.90 Å². The second-order valence-corrected chi connectivity index (χ2v) is 4.59. The standard InChI is InChI=1S/C12H19NO2/c1-3-15-12(14)9(2)7-13-8-10-4-5-11(13)6-10/h10-11H,2-8H2,1H3. The summed E-state index contributed by atoms with van der Waals surface area (Å²) in [4.78, 5) is 13.8. The van der Waals surface area contributed by atoms with E-state index in [-0.39, 0.29) is 5.97 Å². The number of fused-ring (bicyclic) bond motifs is 2. The highest BCUT2D eigenvalue weighted by Gasteiger charge is 2.37. The summed E-state index contributed by atoms with van der Waals surface area (Å²) in [6.07, 6.45) is 3.98. The molecule has 84 valence electrons. The number of piperidine rings is 1. The van der Waals surface area contributed by atoms with Crippen molar-refractivity contribution in [3.05, 3.63) is 12.2 Å². The lowest BCUT2D eigenvalue weighted by Crippen LogP contribution is -2.35. The maximum Gasteiger partial charge on any atom is 0.334 e.